The number of para-hydroxylation sites is 1. The zero-order chi connectivity index (χ0) is 14.4. The molecular formula is C13H18FN3OS. The van der Waals surface area contributed by atoms with Crippen LogP contribution in [-0.4, -0.2) is 29.0 Å². The van der Waals surface area contributed by atoms with Gasteiger partial charge in [-0.25, -0.2) is 9.18 Å². The van der Waals surface area contributed by atoms with E-state index in [0.29, 0.717) is 18.1 Å². The Labute approximate surface area is 117 Å². The summed E-state index contributed by atoms with van der Waals surface area (Å²) in [5.74, 6) is -0.546. The molecule has 1 aromatic carbocycles. The monoisotopic (exact) mass is 283 g/mol. The van der Waals surface area contributed by atoms with Crippen LogP contribution in [0.2, 0.25) is 0 Å². The van der Waals surface area contributed by atoms with E-state index in [-0.39, 0.29) is 17.6 Å². The van der Waals surface area contributed by atoms with Gasteiger partial charge in [-0.2, -0.15) is 0 Å². The quantitative estimate of drug-likeness (QED) is 0.817. The number of carbonyl (C=O) groups excluding carboxylic acids is 1. The van der Waals surface area contributed by atoms with Gasteiger partial charge in [-0.15, -0.1) is 0 Å². The van der Waals surface area contributed by atoms with Crippen LogP contribution in [0.25, 0.3) is 0 Å². The average Bonchev–Trinajstić information content (AvgIpc) is 2.38. The summed E-state index contributed by atoms with van der Waals surface area (Å²) >= 11 is 4.88. The molecule has 0 bridgehead atoms. The highest BCUT2D eigenvalue weighted by Gasteiger charge is 2.17. The fourth-order valence-corrected chi connectivity index (χ4v) is 1.61. The lowest BCUT2D eigenvalue weighted by Gasteiger charge is -2.24. The number of nitrogens with two attached hydrogens (primary N) is 1. The molecule has 0 fully saturated rings. The lowest BCUT2D eigenvalue weighted by atomic mass is 10.1. The third-order valence-electron chi connectivity index (χ3n) is 2.76. The van der Waals surface area contributed by atoms with E-state index in [9.17, 15) is 9.18 Å². The van der Waals surface area contributed by atoms with Crippen molar-refractivity contribution in [2.45, 2.75) is 13.8 Å². The molecule has 1 aromatic rings. The van der Waals surface area contributed by atoms with Crippen LogP contribution in [0.3, 0.4) is 0 Å². The van der Waals surface area contributed by atoms with E-state index in [0.717, 1.165) is 0 Å². The van der Waals surface area contributed by atoms with Crippen LogP contribution in [0, 0.1) is 11.7 Å². The van der Waals surface area contributed by atoms with Crippen LogP contribution in [-0.2, 0) is 0 Å². The number of carbonyl (C=O) groups is 1. The number of nitrogens with one attached hydrogen (secondary N) is 1. The van der Waals surface area contributed by atoms with E-state index in [1.807, 2.05) is 13.8 Å². The van der Waals surface area contributed by atoms with Gasteiger partial charge in [-0.1, -0.05) is 31.3 Å². The number of anilines is 1. The Hall–Kier alpha value is -1.69. The number of halogens is 1. The summed E-state index contributed by atoms with van der Waals surface area (Å²) in [6.07, 6.45) is 0. The Kier molecular flexibility index (Phi) is 5.69. The van der Waals surface area contributed by atoms with Crippen molar-refractivity contribution in [3.63, 3.8) is 0 Å². The Morgan fingerprint density at radius 3 is 2.68 bits per heavy atom. The Bertz CT molecular complexity index is 467. The second-order valence-corrected chi connectivity index (χ2v) is 4.72. The van der Waals surface area contributed by atoms with Crippen molar-refractivity contribution in [2.24, 2.45) is 11.7 Å². The second-order valence-electron chi connectivity index (χ2n) is 4.25. The smallest absolute Gasteiger partial charge is 0.321 e. The molecule has 1 unspecified atom stereocenters. The average molecular weight is 283 g/mol. The first-order valence-corrected chi connectivity index (χ1v) is 6.46. The normalized spacial score (nSPS) is 11.7. The van der Waals surface area contributed by atoms with E-state index in [1.165, 1.54) is 17.0 Å². The Morgan fingerprint density at radius 1 is 1.53 bits per heavy atom. The minimum atomic E-state index is -0.464. The third kappa shape index (κ3) is 4.48. The summed E-state index contributed by atoms with van der Waals surface area (Å²) in [6.45, 7) is 4.59. The van der Waals surface area contributed by atoms with Crippen molar-refractivity contribution < 1.29 is 9.18 Å². The van der Waals surface area contributed by atoms with Crippen LogP contribution >= 0.6 is 12.2 Å². The van der Waals surface area contributed by atoms with Gasteiger partial charge in [0.2, 0.25) is 0 Å². The largest absolute Gasteiger partial charge is 0.393 e. The first-order chi connectivity index (χ1) is 8.95. The van der Waals surface area contributed by atoms with Crippen molar-refractivity contribution in [3.05, 3.63) is 30.1 Å². The van der Waals surface area contributed by atoms with E-state index in [1.54, 1.807) is 12.1 Å². The van der Waals surface area contributed by atoms with Crippen molar-refractivity contribution in [3.8, 4) is 0 Å². The van der Waals surface area contributed by atoms with Crippen LogP contribution < -0.4 is 11.1 Å². The van der Waals surface area contributed by atoms with Crippen LogP contribution in [0.5, 0.6) is 0 Å². The first kappa shape index (κ1) is 15.4. The van der Waals surface area contributed by atoms with E-state index in [2.05, 4.69) is 5.32 Å². The van der Waals surface area contributed by atoms with Gasteiger partial charge in [-0.3, -0.25) is 0 Å². The molecule has 0 aliphatic rings. The maximum Gasteiger partial charge on any atom is 0.321 e. The van der Waals surface area contributed by atoms with Gasteiger partial charge >= 0.3 is 6.03 Å². The van der Waals surface area contributed by atoms with E-state index in [4.69, 9.17) is 18.0 Å². The maximum atomic E-state index is 13.4. The molecule has 3 N–H and O–H groups in total. The van der Waals surface area contributed by atoms with E-state index >= 15 is 0 Å². The number of benzene rings is 1. The molecule has 0 aromatic heterocycles. The van der Waals surface area contributed by atoms with Crippen LogP contribution in [0.1, 0.15) is 13.8 Å². The zero-order valence-corrected chi connectivity index (χ0v) is 11.8. The molecule has 1 atom stereocenters. The number of hydrogen-bond donors (Lipinski definition) is 2. The fourth-order valence-electron chi connectivity index (χ4n) is 1.53. The molecule has 0 radical (unpaired) electrons. The number of rotatable bonds is 5. The van der Waals surface area contributed by atoms with Gasteiger partial charge in [0.15, 0.2) is 0 Å². The number of hydrogen-bond acceptors (Lipinski definition) is 2. The summed E-state index contributed by atoms with van der Waals surface area (Å²) in [5, 5.41) is 2.53. The fraction of sp³-hybridized carbons (Fsp3) is 0.385. The van der Waals surface area contributed by atoms with Crippen molar-refractivity contribution in [2.75, 3.05) is 18.4 Å². The highest BCUT2D eigenvalue weighted by atomic mass is 32.1. The number of thiocarbonyl (C=S) groups is 1. The van der Waals surface area contributed by atoms with Gasteiger partial charge in [0.25, 0.3) is 0 Å². The highest BCUT2D eigenvalue weighted by Crippen LogP contribution is 2.13. The molecule has 2 amide bonds. The predicted molar refractivity (Wildman–Crippen MR) is 78.6 cm³/mol. The van der Waals surface area contributed by atoms with Gasteiger partial charge in [-0.05, 0) is 19.1 Å². The standard InChI is InChI=1S/C13H18FN3OS/c1-3-17(8-9(2)12(15)19)13(18)16-11-7-5-4-6-10(11)14/h4-7,9H,3,8H2,1-2H3,(H2,15,19)(H,16,18). The third-order valence-corrected chi connectivity index (χ3v) is 3.17. The Morgan fingerprint density at radius 2 is 2.16 bits per heavy atom. The molecule has 0 aliphatic heterocycles. The van der Waals surface area contributed by atoms with Crippen molar-refractivity contribution in [1.29, 1.82) is 0 Å². The second kappa shape index (κ2) is 7.04. The maximum absolute atomic E-state index is 13.4. The molecule has 0 heterocycles. The molecule has 0 saturated heterocycles. The van der Waals surface area contributed by atoms with Crippen molar-refractivity contribution >= 4 is 28.9 Å². The van der Waals surface area contributed by atoms with Gasteiger partial charge < -0.3 is 16.0 Å². The summed E-state index contributed by atoms with van der Waals surface area (Å²) < 4.78 is 13.4. The van der Waals surface area contributed by atoms with Gasteiger partial charge in [0.1, 0.15) is 5.82 Å². The van der Waals surface area contributed by atoms with E-state index < -0.39 is 5.82 Å². The van der Waals surface area contributed by atoms with Crippen LogP contribution in [0.15, 0.2) is 24.3 Å². The Balaban J connectivity index is 2.69. The molecular weight excluding hydrogens is 265 g/mol. The summed E-state index contributed by atoms with van der Waals surface area (Å²) in [4.78, 5) is 13.9. The lowest BCUT2D eigenvalue weighted by Crippen LogP contribution is -2.40. The molecule has 0 saturated carbocycles. The number of urea groups is 1. The molecule has 4 nitrogen and oxygen atoms in total. The highest BCUT2D eigenvalue weighted by molar-refractivity contribution is 7.80. The van der Waals surface area contributed by atoms with Crippen molar-refractivity contribution in [1.82, 2.24) is 4.90 Å². The lowest BCUT2D eigenvalue weighted by molar-refractivity contribution is 0.211. The summed E-state index contributed by atoms with van der Waals surface area (Å²) in [6, 6.07) is 5.67. The van der Waals surface area contributed by atoms with Gasteiger partial charge in [0, 0.05) is 19.0 Å². The number of amides is 2. The van der Waals surface area contributed by atoms with Gasteiger partial charge in [0.05, 0.1) is 10.7 Å². The SMILES string of the molecule is CCN(CC(C)C(N)=S)C(=O)Nc1ccccc1F. The topological polar surface area (TPSA) is 58.4 Å². The molecule has 19 heavy (non-hydrogen) atoms. The molecule has 0 aliphatic carbocycles. The number of nitrogens with zero attached hydrogens (tertiary/aromatic N) is 1. The first-order valence-electron chi connectivity index (χ1n) is 6.05. The predicted octanol–water partition coefficient (Wildman–Crippen LogP) is 2.60. The molecule has 6 heteroatoms. The minimum Gasteiger partial charge on any atom is -0.393 e. The minimum absolute atomic E-state index is 0.0821. The summed E-state index contributed by atoms with van der Waals surface area (Å²) in [7, 11) is 0. The molecule has 1 rings (SSSR count). The molecule has 104 valence electrons. The molecule has 0 spiro atoms. The van der Waals surface area contributed by atoms with Crippen LogP contribution in [0.4, 0.5) is 14.9 Å². The zero-order valence-electron chi connectivity index (χ0n) is 11.0. The summed E-state index contributed by atoms with van der Waals surface area (Å²) in [5.41, 5.74) is 5.69.